The van der Waals surface area contributed by atoms with E-state index in [1.54, 1.807) is 6.07 Å². The van der Waals surface area contributed by atoms with E-state index in [9.17, 15) is 4.39 Å². The highest BCUT2D eigenvalue weighted by Gasteiger charge is 2.13. The summed E-state index contributed by atoms with van der Waals surface area (Å²) in [5.74, 6) is -0.145. The van der Waals surface area contributed by atoms with Crippen molar-refractivity contribution in [2.45, 2.75) is 20.4 Å². The molecule has 0 spiro atoms. The predicted octanol–water partition coefficient (Wildman–Crippen LogP) is -0.401. The van der Waals surface area contributed by atoms with E-state index >= 15 is 0 Å². The number of hydrogen-bond acceptors (Lipinski definition) is 0. The molecule has 1 aromatic carbocycles. The number of pyridine rings is 1. The topological polar surface area (TPSA) is 3.88 Å². The van der Waals surface area contributed by atoms with Gasteiger partial charge in [-0.3, -0.25) is 0 Å². The lowest BCUT2D eigenvalue weighted by Crippen LogP contribution is -3.00. The third-order valence-electron chi connectivity index (χ3n) is 2.54. The second-order valence-corrected chi connectivity index (χ2v) is 3.42. The number of rotatable bonds is 1. The average Bonchev–Trinajstić information content (AvgIpc) is 2.20. The fourth-order valence-electron chi connectivity index (χ4n) is 1.76. The van der Waals surface area contributed by atoms with Crippen LogP contribution in [0.2, 0.25) is 0 Å². The number of nitrogens with zero attached hydrogens (tertiary/aromatic N) is 1. The Kier molecular flexibility index (Phi) is 4.02. The summed E-state index contributed by atoms with van der Waals surface area (Å²) in [4.78, 5) is 0. The van der Waals surface area contributed by atoms with E-state index in [-0.39, 0.29) is 29.8 Å². The van der Waals surface area contributed by atoms with Gasteiger partial charge < -0.3 is 24.0 Å². The Morgan fingerprint density at radius 1 is 1.27 bits per heavy atom. The van der Waals surface area contributed by atoms with Crippen molar-refractivity contribution in [1.82, 2.24) is 0 Å². The van der Waals surface area contributed by atoms with Gasteiger partial charge in [-0.1, -0.05) is 6.07 Å². The van der Waals surface area contributed by atoms with Gasteiger partial charge in [0.15, 0.2) is 12.0 Å². The van der Waals surface area contributed by atoms with Gasteiger partial charge in [0, 0.05) is 6.07 Å². The molecule has 2 aromatic rings. The fourth-order valence-corrected chi connectivity index (χ4v) is 1.76. The molecule has 15 heavy (non-hydrogen) atoms. The molecule has 1 aromatic heterocycles. The third kappa shape index (κ3) is 2.12. The molecule has 0 fully saturated rings. The van der Waals surface area contributed by atoms with Crippen LogP contribution < -0.4 is 28.5 Å². The summed E-state index contributed by atoms with van der Waals surface area (Å²) < 4.78 is 15.5. The molecule has 0 aliphatic carbocycles. The Morgan fingerprint density at radius 2 is 2.00 bits per heavy atom. The highest BCUT2D eigenvalue weighted by Crippen LogP contribution is 2.16. The molecule has 0 saturated carbocycles. The second-order valence-electron chi connectivity index (χ2n) is 3.42. The van der Waals surface area contributed by atoms with Gasteiger partial charge in [0.1, 0.15) is 6.54 Å². The Labute approximate surface area is 106 Å². The molecule has 3 heteroatoms. The lowest BCUT2D eigenvalue weighted by molar-refractivity contribution is -0.668. The van der Waals surface area contributed by atoms with Crippen LogP contribution in [-0.2, 0) is 6.54 Å². The summed E-state index contributed by atoms with van der Waals surface area (Å²) in [5, 5.41) is 0.995. The van der Waals surface area contributed by atoms with Crippen LogP contribution in [0.5, 0.6) is 0 Å². The van der Waals surface area contributed by atoms with Crippen LogP contribution in [0.4, 0.5) is 4.39 Å². The minimum absolute atomic E-state index is 0. The molecule has 2 rings (SSSR count). The van der Waals surface area contributed by atoms with Crippen molar-refractivity contribution in [2.24, 2.45) is 0 Å². The standard InChI is InChI=1S/C12H13FN.HI/c1-3-14-8-7-9(2)10-5-4-6-11(13)12(10)14;/h4-8H,3H2,1-2H3;1H/q+1;/p-1. The molecule has 0 aliphatic rings. The number of aromatic nitrogens is 1. The van der Waals surface area contributed by atoms with Crippen molar-refractivity contribution in [3.63, 3.8) is 0 Å². The summed E-state index contributed by atoms with van der Waals surface area (Å²) in [6, 6.07) is 7.24. The van der Waals surface area contributed by atoms with Gasteiger partial charge in [0.25, 0.3) is 0 Å². The Bertz CT molecular complexity index is 482. The van der Waals surface area contributed by atoms with E-state index < -0.39 is 0 Å². The van der Waals surface area contributed by atoms with E-state index in [0.29, 0.717) is 5.52 Å². The van der Waals surface area contributed by atoms with Crippen molar-refractivity contribution in [2.75, 3.05) is 0 Å². The Morgan fingerprint density at radius 3 is 2.67 bits per heavy atom. The number of hydrogen-bond donors (Lipinski definition) is 0. The van der Waals surface area contributed by atoms with Gasteiger partial charge in [-0.25, -0.2) is 0 Å². The van der Waals surface area contributed by atoms with Gasteiger partial charge in [-0.2, -0.15) is 8.96 Å². The summed E-state index contributed by atoms with van der Waals surface area (Å²) in [6.07, 6.45) is 1.93. The highest BCUT2D eigenvalue weighted by atomic mass is 127. The summed E-state index contributed by atoms with van der Waals surface area (Å²) in [5.41, 5.74) is 1.82. The molecular weight excluding hydrogens is 304 g/mol. The summed E-state index contributed by atoms with van der Waals surface area (Å²) in [6.45, 7) is 4.81. The average molecular weight is 317 g/mol. The molecular formula is C12H13FIN. The van der Waals surface area contributed by atoms with Gasteiger partial charge >= 0.3 is 0 Å². The first kappa shape index (κ1) is 12.4. The molecule has 0 amide bonds. The minimum Gasteiger partial charge on any atom is -1.00 e. The molecule has 0 saturated heterocycles. The number of halogens is 2. The number of fused-ring (bicyclic) bond motifs is 1. The maximum atomic E-state index is 13.6. The number of benzene rings is 1. The third-order valence-corrected chi connectivity index (χ3v) is 2.54. The molecule has 1 heterocycles. The Balaban J connectivity index is 0.00000112. The largest absolute Gasteiger partial charge is 1.00 e. The fraction of sp³-hybridized carbons (Fsp3) is 0.250. The van der Waals surface area contributed by atoms with E-state index in [4.69, 9.17) is 0 Å². The molecule has 0 atom stereocenters. The van der Waals surface area contributed by atoms with Crippen LogP contribution in [0.3, 0.4) is 0 Å². The smallest absolute Gasteiger partial charge is 0.248 e. The molecule has 0 radical (unpaired) electrons. The Hall–Kier alpha value is -0.710. The van der Waals surface area contributed by atoms with E-state index in [2.05, 4.69) is 0 Å². The van der Waals surface area contributed by atoms with Gasteiger partial charge in [-0.05, 0) is 31.5 Å². The molecule has 0 unspecified atom stereocenters. The SMILES string of the molecule is CC[n+]1ccc(C)c2cccc(F)c21.[I-]. The van der Waals surface area contributed by atoms with Gasteiger partial charge in [0.2, 0.25) is 5.52 Å². The van der Waals surface area contributed by atoms with Crippen molar-refractivity contribution in [3.8, 4) is 0 Å². The van der Waals surface area contributed by atoms with Crippen molar-refractivity contribution in [1.29, 1.82) is 0 Å². The van der Waals surface area contributed by atoms with Crippen LogP contribution in [0.15, 0.2) is 30.5 Å². The van der Waals surface area contributed by atoms with Crippen LogP contribution in [0.1, 0.15) is 12.5 Å². The van der Waals surface area contributed by atoms with E-state index in [1.807, 2.05) is 36.7 Å². The van der Waals surface area contributed by atoms with Gasteiger partial charge in [0.05, 0.1) is 5.39 Å². The lowest BCUT2D eigenvalue weighted by Gasteiger charge is -2.02. The zero-order valence-electron chi connectivity index (χ0n) is 8.80. The van der Waals surface area contributed by atoms with Crippen LogP contribution >= 0.6 is 0 Å². The molecule has 1 nitrogen and oxygen atoms in total. The first-order valence-electron chi connectivity index (χ1n) is 4.81. The predicted molar refractivity (Wildman–Crippen MR) is 54.5 cm³/mol. The molecule has 80 valence electrons. The quantitative estimate of drug-likeness (QED) is 0.498. The summed E-state index contributed by atoms with van der Waals surface area (Å²) in [7, 11) is 0. The number of aryl methyl sites for hydroxylation is 2. The van der Waals surface area contributed by atoms with Crippen molar-refractivity contribution < 1.29 is 32.9 Å². The van der Waals surface area contributed by atoms with Crippen molar-refractivity contribution >= 4 is 10.9 Å². The number of para-hydroxylation sites is 1. The van der Waals surface area contributed by atoms with Crippen LogP contribution in [0.25, 0.3) is 10.9 Å². The zero-order valence-corrected chi connectivity index (χ0v) is 11.0. The van der Waals surface area contributed by atoms with Crippen molar-refractivity contribution in [3.05, 3.63) is 41.8 Å². The zero-order chi connectivity index (χ0) is 10.1. The normalized spacial score (nSPS) is 10.1. The lowest BCUT2D eigenvalue weighted by atomic mass is 10.1. The van der Waals surface area contributed by atoms with Gasteiger partial charge in [-0.15, -0.1) is 0 Å². The maximum Gasteiger partial charge on any atom is 0.248 e. The molecule has 0 aliphatic heterocycles. The maximum absolute atomic E-state index is 13.6. The minimum atomic E-state index is -0.145. The first-order chi connectivity index (χ1) is 6.74. The molecule has 0 bridgehead atoms. The monoisotopic (exact) mass is 317 g/mol. The first-order valence-corrected chi connectivity index (χ1v) is 4.81. The van der Waals surface area contributed by atoms with Crippen LogP contribution in [-0.4, -0.2) is 0 Å². The van der Waals surface area contributed by atoms with E-state index in [0.717, 1.165) is 17.5 Å². The second kappa shape index (κ2) is 4.88. The highest BCUT2D eigenvalue weighted by molar-refractivity contribution is 5.79. The van der Waals surface area contributed by atoms with E-state index in [1.165, 1.54) is 6.07 Å². The van der Waals surface area contributed by atoms with Crippen LogP contribution in [0, 0.1) is 12.7 Å². The molecule has 0 N–H and O–H groups in total. The summed E-state index contributed by atoms with van der Waals surface area (Å²) >= 11 is 0.